The SMILES string of the molecule is CC1CCC(C(Br)c2cccs2)O1. The Morgan fingerprint density at radius 3 is 3.00 bits per heavy atom. The fraction of sp³-hybridized carbons (Fsp3) is 0.600. The van der Waals surface area contributed by atoms with E-state index < -0.39 is 0 Å². The van der Waals surface area contributed by atoms with Crippen LogP contribution in [-0.4, -0.2) is 12.2 Å². The third-order valence-corrected chi connectivity index (χ3v) is 4.75. The van der Waals surface area contributed by atoms with Gasteiger partial charge in [-0.25, -0.2) is 0 Å². The van der Waals surface area contributed by atoms with Gasteiger partial charge >= 0.3 is 0 Å². The van der Waals surface area contributed by atoms with E-state index in [4.69, 9.17) is 4.74 Å². The molecule has 3 heteroatoms. The number of ether oxygens (including phenoxy) is 1. The highest BCUT2D eigenvalue weighted by molar-refractivity contribution is 9.09. The van der Waals surface area contributed by atoms with Crippen LogP contribution in [0, 0.1) is 0 Å². The molecule has 0 bridgehead atoms. The summed E-state index contributed by atoms with van der Waals surface area (Å²) in [7, 11) is 0. The predicted octanol–water partition coefficient (Wildman–Crippen LogP) is 3.75. The van der Waals surface area contributed by atoms with Crippen LogP contribution in [0.2, 0.25) is 0 Å². The van der Waals surface area contributed by atoms with Gasteiger partial charge in [-0.1, -0.05) is 22.0 Å². The van der Waals surface area contributed by atoms with Crippen LogP contribution in [0.1, 0.15) is 29.5 Å². The monoisotopic (exact) mass is 260 g/mol. The first-order chi connectivity index (χ1) is 6.27. The molecule has 0 saturated carbocycles. The van der Waals surface area contributed by atoms with Crippen molar-refractivity contribution in [1.29, 1.82) is 0 Å². The zero-order chi connectivity index (χ0) is 9.26. The summed E-state index contributed by atoms with van der Waals surface area (Å²) < 4.78 is 5.81. The molecule has 1 saturated heterocycles. The lowest BCUT2D eigenvalue weighted by Crippen LogP contribution is -2.13. The Hall–Kier alpha value is 0.140. The average Bonchev–Trinajstić information content (AvgIpc) is 2.72. The summed E-state index contributed by atoms with van der Waals surface area (Å²) in [4.78, 5) is 1.76. The number of hydrogen-bond acceptors (Lipinski definition) is 2. The zero-order valence-corrected chi connectivity index (χ0v) is 9.98. The van der Waals surface area contributed by atoms with Gasteiger partial charge in [0.05, 0.1) is 17.0 Å². The lowest BCUT2D eigenvalue weighted by Gasteiger charge is -2.16. The van der Waals surface area contributed by atoms with Crippen molar-refractivity contribution in [3.8, 4) is 0 Å². The summed E-state index contributed by atoms with van der Waals surface area (Å²) in [6.07, 6.45) is 3.17. The zero-order valence-electron chi connectivity index (χ0n) is 7.57. The first kappa shape index (κ1) is 9.69. The standard InChI is InChI=1S/C10H13BrOS/c1-7-4-5-8(12-7)10(11)9-3-2-6-13-9/h2-3,6-8,10H,4-5H2,1H3. The maximum atomic E-state index is 5.81. The number of halogens is 1. The number of hydrogen-bond donors (Lipinski definition) is 0. The molecule has 0 radical (unpaired) electrons. The molecule has 1 aromatic rings. The van der Waals surface area contributed by atoms with Crippen LogP contribution in [0.15, 0.2) is 17.5 Å². The molecule has 1 aliphatic rings. The molecule has 3 unspecified atom stereocenters. The van der Waals surface area contributed by atoms with E-state index in [9.17, 15) is 0 Å². The molecule has 2 rings (SSSR count). The minimum absolute atomic E-state index is 0.369. The highest BCUT2D eigenvalue weighted by Gasteiger charge is 2.29. The summed E-state index contributed by atoms with van der Waals surface area (Å²) in [6, 6.07) is 4.25. The van der Waals surface area contributed by atoms with Gasteiger partial charge in [-0.3, -0.25) is 0 Å². The Labute approximate surface area is 91.2 Å². The van der Waals surface area contributed by atoms with E-state index in [1.165, 1.54) is 17.7 Å². The number of rotatable bonds is 2. The number of alkyl halides is 1. The molecule has 13 heavy (non-hydrogen) atoms. The lowest BCUT2D eigenvalue weighted by atomic mass is 10.1. The van der Waals surface area contributed by atoms with Crippen LogP contribution in [0.5, 0.6) is 0 Å². The van der Waals surface area contributed by atoms with Crippen molar-refractivity contribution in [3.63, 3.8) is 0 Å². The fourth-order valence-electron chi connectivity index (χ4n) is 1.68. The average molecular weight is 261 g/mol. The van der Waals surface area contributed by atoms with Gasteiger partial charge in [0.15, 0.2) is 0 Å². The maximum Gasteiger partial charge on any atom is 0.0753 e. The maximum absolute atomic E-state index is 5.81. The molecule has 3 atom stereocenters. The van der Waals surface area contributed by atoms with Gasteiger partial charge in [0.2, 0.25) is 0 Å². The minimum Gasteiger partial charge on any atom is -0.374 e. The van der Waals surface area contributed by atoms with Crippen molar-refractivity contribution < 1.29 is 4.74 Å². The second kappa shape index (κ2) is 4.11. The summed E-state index contributed by atoms with van der Waals surface area (Å²) in [6.45, 7) is 2.15. The largest absolute Gasteiger partial charge is 0.374 e. The second-order valence-electron chi connectivity index (χ2n) is 3.48. The Bertz CT molecular complexity index is 260. The molecule has 0 aliphatic carbocycles. The molecule has 1 nitrogen and oxygen atoms in total. The van der Waals surface area contributed by atoms with E-state index in [0.29, 0.717) is 17.0 Å². The predicted molar refractivity (Wildman–Crippen MR) is 59.6 cm³/mol. The first-order valence-electron chi connectivity index (χ1n) is 4.60. The van der Waals surface area contributed by atoms with E-state index >= 15 is 0 Å². The Morgan fingerprint density at radius 2 is 2.46 bits per heavy atom. The molecule has 1 aliphatic heterocycles. The molecular weight excluding hydrogens is 248 g/mol. The van der Waals surface area contributed by atoms with Gasteiger partial charge in [-0.2, -0.15) is 0 Å². The van der Waals surface area contributed by atoms with Crippen LogP contribution in [0.3, 0.4) is 0 Å². The molecule has 0 spiro atoms. The van der Waals surface area contributed by atoms with Crippen LogP contribution in [0.4, 0.5) is 0 Å². The highest BCUT2D eigenvalue weighted by atomic mass is 79.9. The highest BCUT2D eigenvalue weighted by Crippen LogP contribution is 2.37. The quantitative estimate of drug-likeness (QED) is 0.737. The van der Waals surface area contributed by atoms with Crippen molar-refractivity contribution in [3.05, 3.63) is 22.4 Å². The minimum atomic E-state index is 0.369. The Kier molecular flexibility index (Phi) is 3.06. The van der Waals surface area contributed by atoms with Crippen molar-refractivity contribution in [2.75, 3.05) is 0 Å². The lowest BCUT2D eigenvalue weighted by molar-refractivity contribution is 0.0561. The molecule has 0 aromatic carbocycles. The van der Waals surface area contributed by atoms with E-state index in [1.54, 1.807) is 11.3 Å². The van der Waals surface area contributed by atoms with Crippen molar-refractivity contribution in [2.45, 2.75) is 36.8 Å². The van der Waals surface area contributed by atoms with E-state index in [0.717, 1.165) is 0 Å². The van der Waals surface area contributed by atoms with E-state index in [1.807, 2.05) is 0 Å². The normalized spacial score (nSPS) is 30.6. The van der Waals surface area contributed by atoms with Gasteiger partial charge in [0, 0.05) is 4.88 Å². The van der Waals surface area contributed by atoms with E-state index in [2.05, 4.69) is 40.4 Å². The fourth-order valence-corrected chi connectivity index (χ4v) is 3.30. The summed E-state index contributed by atoms with van der Waals surface area (Å²) in [5, 5.41) is 2.11. The van der Waals surface area contributed by atoms with Crippen molar-refractivity contribution in [2.24, 2.45) is 0 Å². The van der Waals surface area contributed by atoms with Crippen molar-refractivity contribution >= 4 is 27.3 Å². The third kappa shape index (κ3) is 2.14. The van der Waals surface area contributed by atoms with Crippen LogP contribution in [-0.2, 0) is 4.74 Å². The van der Waals surface area contributed by atoms with Gasteiger partial charge in [-0.15, -0.1) is 11.3 Å². The molecule has 0 N–H and O–H groups in total. The number of thiophene rings is 1. The Morgan fingerprint density at radius 1 is 1.62 bits per heavy atom. The molecule has 1 aromatic heterocycles. The van der Waals surface area contributed by atoms with Crippen LogP contribution in [0.25, 0.3) is 0 Å². The van der Waals surface area contributed by atoms with Gasteiger partial charge in [-0.05, 0) is 31.2 Å². The second-order valence-corrected chi connectivity index (χ2v) is 5.45. The summed E-state index contributed by atoms with van der Waals surface area (Å²) >= 11 is 5.50. The molecule has 72 valence electrons. The topological polar surface area (TPSA) is 9.23 Å². The van der Waals surface area contributed by atoms with Crippen molar-refractivity contribution in [1.82, 2.24) is 0 Å². The first-order valence-corrected chi connectivity index (χ1v) is 6.40. The Balaban J connectivity index is 2.02. The molecule has 2 heterocycles. The van der Waals surface area contributed by atoms with Crippen LogP contribution < -0.4 is 0 Å². The van der Waals surface area contributed by atoms with E-state index in [-0.39, 0.29) is 0 Å². The molecule has 0 amide bonds. The smallest absolute Gasteiger partial charge is 0.0753 e. The summed E-state index contributed by atoms with van der Waals surface area (Å²) in [5.41, 5.74) is 0. The van der Waals surface area contributed by atoms with Crippen LogP contribution >= 0.6 is 27.3 Å². The van der Waals surface area contributed by atoms with Gasteiger partial charge in [0.1, 0.15) is 0 Å². The van der Waals surface area contributed by atoms with Gasteiger partial charge < -0.3 is 4.74 Å². The molecule has 1 fully saturated rings. The van der Waals surface area contributed by atoms with Gasteiger partial charge in [0.25, 0.3) is 0 Å². The summed E-state index contributed by atoms with van der Waals surface area (Å²) in [5.74, 6) is 0. The third-order valence-electron chi connectivity index (χ3n) is 2.41. The molecular formula is C10H13BrOS.